The number of carbonyl (C=O) groups excluding carboxylic acids is 3. The van der Waals surface area contributed by atoms with Crippen molar-refractivity contribution in [3.63, 3.8) is 0 Å². The van der Waals surface area contributed by atoms with Crippen LogP contribution < -0.4 is 14.2 Å². The molecule has 0 N–H and O–H groups in total. The summed E-state index contributed by atoms with van der Waals surface area (Å²) in [5.74, 6) is 0.700. The summed E-state index contributed by atoms with van der Waals surface area (Å²) in [5, 5.41) is -1.01. The van der Waals surface area contributed by atoms with Crippen molar-refractivity contribution in [1.29, 1.82) is 0 Å². The second-order valence-corrected chi connectivity index (χ2v) is 14.0. The number of esters is 1. The number of rotatable bonds is 6. The predicted molar refractivity (Wildman–Crippen MR) is 177 cm³/mol. The van der Waals surface area contributed by atoms with Gasteiger partial charge in [0.2, 0.25) is 0 Å². The van der Waals surface area contributed by atoms with Gasteiger partial charge in [-0.1, -0.05) is 54.6 Å². The predicted octanol–water partition coefficient (Wildman–Crippen LogP) is 10.1. The molecule has 0 aromatic heterocycles. The molecular weight excluding hydrogens is 649 g/mol. The van der Waals surface area contributed by atoms with E-state index < -0.39 is 22.2 Å². The summed E-state index contributed by atoms with van der Waals surface area (Å²) >= 11 is 0. The van der Waals surface area contributed by atoms with E-state index in [1.807, 2.05) is 72.8 Å². The molecule has 0 saturated carbocycles. The molecule has 7 nitrogen and oxygen atoms in total. The van der Waals surface area contributed by atoms with E-state index in [1.165, 1.54) is 21.6 Å². The van der Waals surface area contributed by atoms with E-state index in [0.717, 1.165) is 31.4 Å². The fraction of sp³-hybridized carbons (Fsp3) is 0.0294. The van der Waals surface area contributed by atoms with Crippen molar-refractivity contribution >= 4 is 59.7 Å². The second-order valence-electron chi connectivity index (χ2n) is 9.70. The Labute approximate surface area is 273 Å². The molecule has 5 aromatic rings. The summed E-state index contributed by atoms with van der Waals surface area (Å²) in [5.41, 5.74) is 0.904. The Morgan fingerprint density at radius 2 is 1.07 bits per heavy atom. The summed E-state index contributed by atoms with van der Waals surface area (Å²) in [4.78, 5) is 40.3. The van der Waals surface area contributed by atoms with Gasteiger partial charge in [-0.15, -0.1) is 0 Å². The van der Waals surface area contributed by atoms with E-state index in [-0.39, 0.29) is 11.5 Å². The van der Waals surface area contributed by atoms with Crippen molar-refractivity contribution < 1.29 is 33.3 Å². The third-order valence-corrected chi connectivity index (χ3v) is 11.0. The number of carbonyl (C=O) groups is 3. The smallest absolute Gasteiger partial charge is 0.383 e. The molecule has 2 heterocycles. The van der Waals surface area contributed by atoms with Gasteiger partial charge in [0.1, 0.15) is 23.0 Å². The van der Waals surface area contributed by atoms with Crippen LogP contribution in [0.2, 0.25) is 0 Å². The van der Waals surface area contributed by atoms with Crippen molar-refractivity contribution in [2.45, 2.75) is 15.4 Å². The van der Waals surface area contributed by atoms with Gasteiger partial charge in [-0.25, -0.2) is 14.4 Å². The number of hydrogen-bond acceptors (Lipinski definition) is 11. The largest absolute Gasteiger partial charge is 0.456 e. The van der Waals surface area contributed by atoms with Crippen LogP contribution in [0, 0.1) is 0 Å². The Hall–Kier alpha value is -4.29. The number of fused-ring (bicyclic) bond motifs is 6. The molecule has 0 radical (unpaired) electrons. The maximum atomic E-state index is 13.1. The highest BCUT2D eigenvalue weighted by Gasteiger charge is 2.53. The highest BCUT2D eigenvalue weighted by Crippen LogP contribution is 2.57. The first kappa shape index (κ1) is 29.4. The van der Waals surface area contributed by atoms with E-state index >= 15 is 0 Å². The molecule has 0 unspecified atom stereocenters. The van der Waals surface area contributed by atoms with Crippen molar-refractivity contribution in [2.75, 3.05) is 0 Å². The van der Waals surface area contributed by atoms with Crippen molar-refractivity contribution in [2.24, 2.45) is 0 Å². The van der Waals surface area contributed by atoms with Crippen LogP contribution in [0.3, 0.4) is 0 Å². The SMILES string of the molecule is O=C(Oc1ccc2c(c1)Oc1cc(OC(=O)SSc3ccccc3)ccc1C21OC(=O)c2ccccc21)SSc1ccccc1. The molecule has 7 rings (SSSR count). The Morgan fingerprint density at radius 3 is 1.60 bits per heavy atom. The molecule has 2 aliphatic rings. The van der Waals surface area contributed by atoms with E-state index in [9.17, 15) is 14.4 Å². The fourth-order valence-electron chi connectivity index (χ4n) is 5.11. The van der Waals surface area contributed by atoms with Crippen LogP contribution in [-0.2, 0) is 10.3 Å². The van der Waals surface area contributed by atoms with Gasteiger partial charge in [0.05, 0.1) is 5.56 Å². The van der Waals surface area contributed by atoms with E-state index in [4.69, 9.17) is 18.9 Å². The topological polar surface area (TPSA) is 88.1 Å². The average molecular weight is 669 g/mol. The molecule has 45 heavy (non-hydrogen) atoms. The zero-order valence-corrected chi connectivity index (χ0v) is 26.3. The van der Waals surface area contributed by atoms with E-state index in [1.54, 1.807) is 48.5 Å². The van der Waals surface area contributed by atoms with E-state index in [0.29, 0.717) is 33.8 Å². The molecule has 0 bridgehead atoms. The molecule has 0 atom stereocenters. The van der Waals surface area contributed by atoms with Crippen LogP contribution in [0.5, 0.6) is 23.0 Å². The van der Waals surface area contributed by atoms with Gasteiger partial charge < -0.3 is 18.9 Å². The summed E-state index contributed by atoms with van der Waals surface area (Å²) in [6, 6.07) is 36.1. The van der Waals surface area contributed by atoms with Crippen LogP contribution in [0.15, 0.2) is 131 Å². The third kappa shape index (κ3) is 5.91. The van der Waals surface area contributed by atoms with Gasteiger partial charge in [0.25, 0.3) is 0 Å². The summed E-state index contributed by atoms with van der Waals surface area (Å²) in [6.07, 6.45) is 0. The molecule has 2 aliphatic heterocycles. The molecule has 0 aliphatic carbocycles. The summed E-state index contributed by atoms with van der Waals surface area (Å²) < 4.78 is 23.7. The minimum absolute atomic E-state index is 0.257. The lowest BCUT2D eigenvalue weighted by molar-refractivity contribution is 0.0224. The molecule has 1 spiro atoms. The quantitative estimate of drug-likeness (QED) is 0.128. The molecule has 0 saturated heterocycles. The normalized spacial score (nSPS) is 13.6. The summed E-state index contributed by atoms with van der Waals surface area (Å²) in [6.45, 7) is 0. The monoisotopic (exact) mass is 668 g/mol. The Bertz CT molecular complexity index is 1830. The Kier molecular flexibility index (Phi) is 8.24. The lowest BCUT2D eigenvalue weighted by atomic mass is 9.77. The zero-order valence-electron chi connectivity index (χ0n) is 23.0. The number of hydrogen-bond donors (Lipinski definition) is 0. The van der Waals surface area contributed by atoms with Gasteiger partial charge in [0.15, 0.2) is 5.60 Å². The molecule has 222 valence electrons. The Balaban J connectivity index is 1.18. The first-order valence-corrected chi connectivity index (χ1v) is 17.8. The molecular formula is C34H20O7S4. The standard InChI is InChI=1S/C34H20O7S4/c35-31-25-13-7-8-14-26(25)34(41-31)27-17-15-21(38-32(36)44-42-23-9-3-1-4-10-23)19-29(27)40-30-20-22(16-18-28(30)34)39-33(37)45-43-24-11-5-2-6-12-24/h1-20H. The second kappa shape index (κ2) is 12.6. The molecule has 0 fully saturated rings. The number of ether oxygens (including phenoxy) is 4. The maximum Gasteiger partial charge on any atom is 0.383 e. The van der Waals surface area contributed by atoms with Crippen LogP contribution in [-0.4, -0.2) is 16.6 Å². The van der Waals surface area contributed by atoms with Gasteiger partial charge in [-0.2, -0.15) is 0 Å². The number of benzene rings is 5. The third-order valence-electron chi connectivity index (χ3n) is 6.96. The summed E-state index contributed by atoms with van der Waals surface area (Å²) in [7, 11) is 4.51. The molecule has 11 heteroatoms. The van der Waals surface area contributed by atoms with Crippen LogP contribution in [0.1, 0.15) is 27.0 Å². The van der Waals surface area contributed by atoms with Crippen molar-refractivity contribution in [3.05, 3.63) is 144 Å². The zero-order chi connectivity index (χ0) is 30.8. The van der Waals surface area contributed by atoms with Crippen molar-refractivity contribution in [1.82, 2.24) is 0 Å². The van der Waals surface area contributed by atoms with Gasteiger partial charge in [-0.05, 0) is 76.2 Å². The highest BCUT2D eigenvalue weighted by atomic mass is 33.1. The minimum atomic E-state index is -1.32. The van der Waals surface area contributed by atoms with Crippen molar-refractivity contribution in [3.8, 4) is 23.0 Å². The average Bonchev–Trinajstić information content (AvgIpc) is 3.36. The maximum absolute atomic E-state index is 13.1. The van der Waals surface area contributed by atoms with E-state index in [2.05, 4.69) is 0 Å². The first-order valence-electron chi connectivity index (χ1n) is 13.5. The van der Waals surface area contributed by atoms with Gasteiger partial charge in [0, 0.05) is 60.2 Å². The lowest BCUT2D eigenvalue weighted by Gasteiger charge is -2.36. The fourth-order valence-corrected chi connectivity index (χ4v) is 8.09. The van der Waals surface area contributed by atoms with Crippen LogP contribution >= 0.6 is 43.2 Å². The molecule has 5 aromatic carbocycles. The first-order chi connectivity index (χ1) is 22.0. The van der Waals surface area contributed by atoms with Crippen LogP contribution in [0.4, 0.5) is 9.59 Å². The van der Waals surface area contributed by atoms with Gasteiger partial charge >= 0.3 is 16.6 Å². The minimum Gasteiger partial charge on any atom is -0.456 e. The Morgan fingerprint density at radius 1 is 0.578 bits per heavy atom. The lowest BCUT2D eigenvalue weighted by Crippen LogP contribution is -2.33. The molecule has 0 amide bonds. The van der Waals surface area contributed by atoms with Gasteiger partial charge in [-0.3, -0.25) is 0 Å². The highest BCUT2D eigenvalue weighted by molar-refractivity contribution is 8.82. The van der Waals surface area contributed by atoms with Crippen LogP contribution in [0.25, 0.3) is 0 Å².